The van der Waals surface area contributed by atoms with Crippen LogP contribution < -0.4 is 4.90 Å². The molecule has 0 aliphatic carbocycles. The predicted molar refractivity (Wildman–Crippen MR) is 109 cm³/mol. The molecule has 2 aromatic rings. The van der Waals surface area contributed by atoms with E-state index in [1.165, 1.54) is 4.90 Å². The highest BCUT2D eigenvalue weighted by Crippen LogP contribution is 2.23. The number of carbonyl (C=O) groups is 2. The van der Waals surface area contributed by atoms with Gasteiger partial charge in [-0.05, 0) is 61.1 Å². The number of carbonyl (C=O) groups excluding carboxylic acids is 2. The molecule has 1 amide bonds. The lowest BCUT2D eigenvalue weighted by Crippen LogP contribution is -2.39. The first-order valence-electron chi connectivity index (χ1n) is 8.21. The van der Waals surface area contributed by atoms with Crippen LogP contribution in [0.3, 0.4) is 0 Å². The van der Waals surface area contributed by atoms with Crippen molar-refractivity contribution in [2.24, 2.45) is 0 Å². The average Bonchev–Trinajstić information content (AvgIpc) is 2.58. The van der Waals surface area contributed by atoms with Gasteiger partial charge in [0.15, 0.2) is 0 Å². The molecule has 26 heavy (non-hydrogen) atoms. The summed E-state index contributed by atoms with van der Waals surface area (Å²) in [5, 5.41) is 0. The smallest absolute Gasteiger partial charge is 0.415 e. The summed E-state index contributed by atoms with van der Waals surface area (Å²) in [6, 6.07) is 16.7. The molecule has 0 aliphatic heterocycles. The van der Waals surface area contributed by atoms with Gasteiger partial charge in [0.25, 0.3) is 0 Å². The van der Waals surface area contributed by atoms with E-state index in [9.17, 15) is 9.59 Å². The zero-order chi connectivity index (χ0) is 19.2. The molecule has 2 rings (SSSR count). The van der Waals surface area contributed by atoms with Crippen LogP contribution in [0.5, 0.6) is 0 Å². The Hall–Kier alpha value is -2.09. The first-order chi connectivity index (χ1) is 12.3. The number of esters is 1. The molecule has 0 heterocycles. The molecule has 5 nitrogen and oxygen atoms in total. The summed E-state index contributed by atoms with van der Waals surface area (Å²) in [6.07, 6.45) is -0.594. The van der Waals surface area contributed by atoms with Crippen molar-refractivity contribution < 1.29 is 19.1 Å². The van der Waals surface area contributed by atoms with Gasteiger partial charge in [0.05, 0.1) is 5.69 Å². The number of amides is 1. The van der Waals surface area contributed by atoms with Gasteiger partial charge < -0.3 is 9.47 Å². The molecule has 0 bridgehead atoms. The number of ether oxygens (including phenoxy) is 2. The second-order valence-corrected chi connectivity index (χ2v) is 7.83. The van der Waals surface area contributed by atoms with E-state index in [1.807, 2.05) is 48.5 Å². The lowest BCUT2D eigenvalue weighted by Gasteiger charge is -2.25. The van der Waals surface area contributed by atoms with Crippen molar-refractivity contribution in [1.82, 2.24) is 0 Å². The molecule has 0 unspecified atom stereocenters. The third kappa shape index (κ3) is 6.33. The fourth-order valence-corrected chi connectivity index (χ4v) is 2.90. The minimum atomic E-state index is -0.624. The van der Waals surface area contributed by atoms with Crippen molar-refractivity contribution in [2.75, 3.05) is 11.4 Å². The van der Waals surface area contributed by atoms with Gasteiger partial charge in [-0.1, -0.05) is 42.5 Å². The third-order valence-electron chi connectivity index (χ3n) is 3.28. The van der Waals surface area contributed by atoms with Crippen molar-refractivity contribution >= 4 is 40.3 Å². The molecule has 0 N–H and O–H groups in total. The number of hydrogen-bond donors (Lipinski definition) is 0. The van der Waals surface area contributed by atoms with Crippen LogP contribution >= 0.6 is 22.6 Å². The van der Waals surface area contributed by atoms with E-state index in [-0.39, 0.29) is 13.2 Å². The maximum absolute atomic E-state index is 12.7. The number of anilines is 1. The van der Waals surface area contributed by atoms with Gasteiger partial charge in [-0.15, -0.1) is 0 Å². The molecular formula is C20H22INO4. The zero-order valence-electron chi connectivity index (χ0n) is 15.1. The summed E-state index contributed by atoms with van der Waals surface area (Å²) in [6.45, 7) is 5.28. The summed E-state index contributed by atoms with van der Waals surface area (Å²) in [4.78, 5) is 26.2. The Kier molecular flexibility index (Phi) is 7.02. The van der Waals surface area contributed by atoms with Crippen LogP contribution in [-0.2, 0) is 20.9 Å². The predicted octanol–water partition coefficient (Wildman–Crippen LogP) is 4.78. The average molecular weight is 467 g/mol. The first-order valence-corrected chi connectivity index (χ1v) is 9.29. The monoisotopic (exact) mass is 467 g/mol. The molecule has 2 aromatic carbocycles. The van der Waals surface area contributed by atoms with E-state index in [0.29, 0.717) is 5.69 Å². The van der Waals surface area contributed by atoms with Gasteiger partial charge in [0.1, 0.15) is 18.8 Å². The molecule has 0 fully saturated rings. The Morgan fingerprint density at radius 2 is 1.62 bits per heavy atom. The van der Waals surface area contributed by atoms with Crippen LogP contribution in [0.1, 0.15) is 26.3 Å². The summed E-state index contributed by atoms with van der Waals surface area (Å²) >= 11 is 2.12. The van der Waals surface area contributed by atoms with Gasteiger partial charge in [0.2, 0.25) is 0 Å². The van der Waals surface area contributed by atoms with Crippen molar-refractivity contribution in [2.45, 2.75) is 33.0 Å². The normalized spacial score (nSPS) is 10.9. The fraction of sp³-hybridized carbons (Fsp3) is 0.300. The van der Waals surface area contributed by atoms with E-state index >= 15 is 0 Å². The number of rotatable bonds is 5. The lowest BCUT2D eigenvalue weighted by atomic mass is 10.2. The van der Waals surface area contributed by atoms with Crippen LogP contribution in [0.2, 0.25) is 0 Å². The highest BCUT2D eigenvalue weighted by atomic mass is 127. The summed E-state index contributed by atoms with van der Waals surface area (Å²) in [7, 11) is 0. The number of benzene rings is 2. The molecule has 0 radical (unpaired) electrons. The van der Waals surface area contributed by atoms with Crippen molar-refractivity contribution in [3.8, 4) is 0 Å². The molecule has 0 saturated heterocycles. The Morgan fingerprint density at radius 3 is 2.23 bits per heavy atom. The Bertz CT molecular complexity index is 756. The Labute approximate surface area is 167 Å². The van der Waals surface area contributed by atoms with Gasteiger partial charge >= 0.3 is 12.1 Å². The minimum Gasteiger partial charge on any atom is -0.459 e. The number of nitrogens with zero attached hydrogens (tertiary/aromatic N) is 1. The second kappa shape index (κ2) is 9.02. The molecular weight excluding hydrogens is 445 g/mol. The maximum Gasteiger partial charge on any atom is 0.415 e. The molecule has 0 aromatic heterocycles. The molecule has 138 valence electrons. The van der Waals surface area contributed by atoms with Crippen molar-refractivity contribution in [3.63, 3.8) is 0 Å². The maximum atomic E-state index is 12.7. The van der Waals surface area contributed by atoms with Crippen molar-refractivity contribution in [3.05, 3.63) is 63.7 Å². The highest BCUT2D eigenvalue weighted by molar-refractivity contribution is 14.1. The van der Waals surface area contributed by atoms with Gasteiger partial charge in [-0.2, -0.15) is 0 Å². The van der Waals surface area contributed by atoms with E-state index in [0.717, 1.165) is 9.13 Å². The Morgan fingerprint density at radius 1 is 1.00 bits per heavy atom. The first kappa shape index (κ1) is 20.2. The summed E-state index contributed by atoms with van der Waals surface area (Å²) < 4.78 is 11.6. The van der Waals surface area contributed by atoms with E-state index in [1.54, 1.807) is 26.8 Å². The Balaban J connectivity index is 2.15. The fourth-order valence-electron chi connectivity index (χ4n) is 2.22. The second-order valence-electron chi connectivity index (χ2n) is 6.66. The zero-order valence-corrected chi connectivity index (χ0v) is 17.2. The molecule has 0 atom stereocenters. The van der Waals surface area contributed by atoms with E-state index in [4.69, 9.17) is 9.47 Å². The molecule has 0 saturated carbocycles. The molecule has 0 aliphatic rings. The van der Waals surface area contributed by atoms with Gasteiger partial charge in [-0.25, -0.2) is 4.79 Å². The van der Waals surface area contributed by atoms with Crippen LogP contribution in [0.4, 0.5) is 10.5 Å². The van der Waals surface area contributed by atoms with Crippen LogP contribution in [0.25, 0.3) is 0 Å². The number of halogens is 1. The molecule has 0 spiro atoms. The topological polar surface area (TPSA) is 55.8 Å². The van der Waals surface area contributed by atoms with Crippen LogP contribution in [0, 0.1) is 3.57 Å². The number of para-hydroxylation sites is 1. The quantitative estimate of drug-likeness (QED) is 0.470. The largest absolute Gasteiger partial charge is 0.459 e. The van der Waals surface area contributed by atoms with Crippen LogP contribution in [-0.4, -0.2) is 24.2 Å². The van der Waals surface area contributed by atoms with E-state index < -0.39 is 17.7 Å². The van der Waals surface area contributed by atoms with Crippen molar-refractivity contribution in [1.29, 1.82) is 0 Å². The SMILES string of the molecule is CC(C)(C)OC(=O)CN(C(=O)OCc1ccccc1)c1ccccc1I. The summed E-state index contributed by atoms with van der Waals surface area (Å²) in [5.74, 6) is -0.492. The summed E-state index contributed by atoms with van der Waals surface area (Å²) in [5.41, 5.74) is 0.860. The van der Waals surface area contributed by atoms with E-state index in [2.05, 4.69) is 22.6 Å². The molecule has 6 heteroatoms. The van der Waals surface area contributed by atoms with Gasteiger partial charge in [-0.3, -0.25) is 9.69 Å². The minimum absolute atomic E-state index is 0.133. The number of hydrogen-bond acceptors (Lipinski definition) is 4. The third-order valence-corrected chi connectivity index (χ3v) is 4.19. The van der Waals surface area contributed by atoms with Crippen LogP contribution in [0.15, 0.2) is 54.6 Å². The highest BCUT2D eigenvalue weighted by Gasteiger charge is 2.25. The lowest BCUT2D eigenvalue weighted by molar-refractivity contribution is -0.152. The standard InChI is InChI=1S/C20H22INO4/c1-20(2,3)26-18(23)13-22(17-12-8-7-11-16(17)21)19(24)25-14-15-9-5-4-6-10-15/h4-12H,13-14H2,1-3H3. The van der Waals surface area contributed by atoms with Gasteiger partial charge in [0, 0.05) is 3.57 Å².